The summed E-state index contributed by atoms with van der Waals surface area (Å²) in [5.41, 5.74) is 4.81. The second-order valence-corrected chi connectivity index (χ2v) is 7.88. The van der Waals surface area contributed by atoms with Gasteiger partial charge in [0.05, 0.1) is 11.7 Å². The molecular formula is C21H23N5O. The number of hydrogen-bond donors (Lipinski definition) is 0. The summed E-state index contributed by atoms with van der Waals surface area (Å²) in [7, 11) is 1.94. The van der Waals surface area contributed by atoms with E-state index in [9.17, 15) is 4.79 Å². The molecule has 3 aromatic rings. The van der Waals surface area contributed by atoms with Gasteiger partial charge in [-0.1, -0.05) is 6.58 Å². The van der Waals surface area contributed by atoms with Crippen LogP contribution in [0, 0.1) is 11.8 Å². The number of fused-ring (bicyclic) bond motifs is 2. The molecule has 27 heavy (non-hydrogen) atoms. The van der Waals surface area contributed by atoms with Crippen molar-refractivity contribution in [3.05, 3.63) is 55.1 Å². The number of aromatic nitrogens is 4. The predicted molar refractivity (Wildman–Crippen MR) is 103 cm³/mol. The Labute approximate surface area is 158 Å². The number of amides is 1. The van der Waals surface area contributed by atoms with E-state index in [0.29, 0.717) is 17.8 Å². The quantitative estimate of drug-likeness (QED) is 0.674. The molecule has 0 radical (unpaired) electrons. The lowest BCUT2D eigenvalue weighted by Crippen LogP contribution is -2.27. The predicted octanol–water partition coefficient (Wildman–Crippen LogP) is 2.87. The molecule has 2 fully saturated rings. The van der Waals surface area contributed by atoms with E-state index in [1.165, 1.54) is 17.2 Å². The smallest absolute Gasteiger partial charge is 0.245 e. The van der Waals surface area contributed by atoms with E-state index in [4.69, 9.17) is 0 Å². The minimum Gasteiger partial charge on any atom is -0.339 e. The highest BCUT2D eigenvalue weighted by atomic mass is 16.2. The average Bonchev–Trinajstić information content (AvgIpc) is 3.42. The Bertz CT molecular complexity index is 1020. The molecule has 4 heterocycles. The molecule has 6 heteroatoms. The zero-order chi connectivity index (χ0) is 18.5. The number of carbonyl (C=O) groups is 1. The summed E-state index contributed by atoms with van der Waals surface area (Å²) in [5.74, 6) is 1.75. The Hall–Kier alpha value is -2.89. The first-order chi connectivity index (χ1) is 13.1. The van der Waals surface area contributed by atoms with Crippen LogP contribution in [0.1, 0.15) is 24.3 Å². The van der Waals surface area contributed by atoms with Gasteiger partial charge in [0.25, 0.3) is 0 Å². The van der Waals surface area contributed by atoms with Crippen molar-refractivity contribution in [3.63, 3.8) is 0 Å². The summed E-state index contributed by atoms with van der Waals surface area (Å²) in [4.78, 5) is 13.9. The van der Waals surface area contributed by atoms with Crippen LogP contribution in [0.3, 0.4) is 0 Å². The third-order valence-electron chi connectivity index (χ3n) is 6.25. The lowest BCUT2D eigenvalue weighted by atomic mass is 9.93. The molecule has 1 saturated carbocycles. The van der Waals surface area contributed by atoms with Gasteiger partial charge in [-0.25, -0.2) is 4.52 Å². The number of hydrogen-bond acceptors (Lipinski definition) is 3. The summed E-state index contributed by atoms with van der Waals surface area (Å²) >= 11 is 0. The third-order valence-corrected chi connectivity index (χ3v) is 6.25. The minimum absolute atomic E-state index is 0.0673. The highest BCUT2D eigenvalue weighted by Crippen LogP contribution is 2.47. The van der Waals surface area contributed by atoms with Crippen LogP contribution in [0.5, 0.6) is 0 Å². The second-order valence-electron chi connectivity index (χ2n) is 7.88. The lowest BCUT2D eigenvalue weighted by Gasteiger charge is -2.19. The topological polar surface area (TPSA) is 55.4 Å². The molecule has 0 bridgehead atoms. The number of likely N-dealkylation sites (tertiary alicyclic amines) is 1. The van der Waals surface area contributed by atoms with Gasteiger partial charge in [0, 0.05) is 49.9 Å². The van der Waals surface area contributed by atoms with Crippen molar-refractivity contribution in [2.24, 2.45) is 18.9 Å². The zero-order valence-electron chi connectivity index (χ0n) is 15.5. The molecule has 3 aromatic heterocycles. The van der Waals surface area contributed by atoms with Crippen molar-refractivity contribution in [1.29, 1.82) is 0 Å². The SMILES string of the molecule is C=CC(=O)N1CC2CC(c3cc(-c4cnn(C)c4)cn4nccc34)CC2C1. The fourth-order valence-corrected chi connectivity index (χ4v) is 4.97. The molecule has 2 unspecified atom stereocenters. The summed E-state index contributed by atoms with van der Waals surface area (Å²) < 4.78 is 3.81. The highest BCUT2D eigenvalue weighted by Gasteiger charge is 2.42. The van der Waals surface area contributed by atoms with Crippen LogP contribution in [-0.4, -0.2) is 43.3 Å². The number of carbonyl (C=O) groups excluding carboxylic acids is 1. The van der Waals surface area contributed by atoms with E-state index in [-0.39, 0.29) is 5.91 Å². The Kier molecular flexibility index (Phi) is 3.67. The van der Waals surface area contributed by atoms with E-state index in [0.717, 1.165) is 37.1 Å². The van der Waals surface area contributed by atoms with Crippen molar-refractivity contribution in [3.8, 4) is 11.1 Å². The summed E-state index contributed by atoms with van der Waals surface area (Å²) in [6, 6.07) is 4.41. The van der Waals surface area contributed by atoms with Crippen molar-refractivity contribution in [1.82, 2.24) is 24.3 Å². The van der Waals surface area contributed by atoms with Gasteiger partial charge in [-0.2, -0.15) is 10.2 Å². The van der Waals surface area contributed by atoms with Crippen LogP contribution in [-0.2, 0) is 11.8 Å². The van der Waals surface area contributed by atoms with E-state index in [2.05, 4.69) is 35.1 Å². The van der Waals surface area contributed by atoms with Gasteiger partial charge in [0.15, 0.2) is 0 Å². The minimum atomic E-state index is 0.0673. The van der Waals surface area contributed by atoms with E-state index in [1.54, 1.807) is 0 Å². The summed E-state index contributed by atoms with van der Waals surface area (Å²) in [6.07, 6.45) is 11.6. The first-order valence-corrected chi connectivity index (χ1v) is 9.50. The van der Waals surface area contributed by atoms with Gasteiger partial charge in [-0.15, -0.1) is 0 Å². The van der Waals surface area contributed by atoms with Crippen LogP contribution in [0.15, 0.2) is 49.6 Å². The van der Waals surface area contributed by atoms with E-state index < -0.39 is 0 Å². The van der Waals surface area contributed by atoms with Gasteiger partial charge in [0.1, 0.15) is 0 Å². The van der Waals surface area contributed by atoms with Crippen LogP contribution in [0.4, 0.5) is 0 Å². The van der Waals surface area contributed by atoms with Gasteiger partial charge in [-0.05, 0) is 54.4 Å². The Morgan fingerprint density at radius 3 is 2.63 bits per heavy atom. The monoisotopic (exact) mass is 361 g/mol. The van der Waals surface area contributed by atoms with Crippen molar-refractivity contribution >= 4 is 11.4 Å². The fourth-order valence-electron chi connectivity index (χ4n) is 4.97. The highest BCUT2D eigenvalue weighted by molar-refractivity contribution is 5.87. The number of aryl methyl sites for hydroxylation is 1. The Balaban J connectivity index is 1.47. The van der Waals surface area contributed by atoms with Crippen LogP contribution in [0.2, 0.25) is 0 Å². The molecular weight excluding hydrogens is 338 g/mol. The van der Waals surface area contributed by atoms with Crippen molar-refractivity contribution < 1.29 is 4.79 Å². The summed E-state index contributed by atoms with van der Waals surface area (Å²) in [6.45, 7) is 5.35. The molecule has 0 spiro atoms. The van der Waals surface area contributed by atoms with Gasteiger partial charge in [-0.3, -0.25) is 9.48 Å². The van der Waals surface area contributed by atoms with E-state index >= 15 is 0 Å². The number of nitrogens with zero attached hydrogens (tertiary/aromatic N) is 5. The molecule has 2 aliphatic rings. The number of rotatable bonds is 3. The maximum Gasteiger partial charge on any atom is 0.245 e. The second kappa shape index (κ2) is 6.08. The normalized spacial score (nSPS) is 24.5. The van der Waals surface area contributed by atoms with Gasteiger partial charge >= 0.3 is 0 Å². The molecule has 1 saturated heterocycles. The van der Waals surface area contributed by atoms with Crippen molar-refractivity contribution in [2.45, 2.75) is 18.8 Å². The first kappa shape index (κ1) is 16.3. The molecule has 1 amide bonds. The van der Waals surface area contributed by atoms with Gasteiger partial charge < -0.3 is 4.90 Å². The van der Waals surface area contributed by atoms with E-state index in [1.807, 2.05) is 39.7 Å². The lowest BCUT2D eigenvalue weighted by molar-refractivity contribution is -0.125. The zero-order valence-corrected chi connectivity index (χ0v) is 15.5. The molecule has 1 aliphatic heterocycles. The molecule has 2 atom stereocenters. The third kappa shape index (κ3) is 2.67. The largest absolute Gasteiger partial charge is 0.339 e. The molecule has 138 valence electrons. The Morgan fingerprint density at radius 2 is 1.96 bits per heavy atom. The first-order valence-electron chi connectivity index (χ1n) is 9.50. The summed E-state index contributed by atoms with van der Waals surface area (Å²) in [5, 5.41) is 8.80. The maximum absolute atomic E-state index is 11.9. The van der Waals surface area contributed by atoms with Crippen LogP contribution >= 0.6 is 0 Å². The maximum atomic E-state index is 11.9. The molecule has 6 nitrogen and oxygen atoms in total. The molecule has 1 aliphatic carbocycles. The fraction of sp³-hybridized carbons (Fsp3) is 0.381. The van der Waals surface area contributed by atoms with Crippen LogP contribution in [0.25, 0.3) is 16.6 Å². The molecule has 5 rings (SSSR count). The number of pyridine rings is 1. The van der Waals surface area contributed by atoms with Crippen LogP contribution < -0.4 is 0 Å². The van der Waals surface area contributed by atoms with Crippen molar-refractivity contribution in [2.75, 3.05) is 13.1 Å². The molecule has 0 aromatic carbocycles. The van der Waals surface area contributed by atoms with Gasteiger partial charge in [0.2, 0.25) is 5.91 Å². The average molecular weight is 361 g/mol. The standard InChI is InChI=1S/C21H23N5O/c1-3-21(27)25-11-15-6-14(7-16(15)12-25)19-8-17(18-9-23-24(2)10-18)13-26-20(19)4-5-22-26/h3-5,8-10,13-16H,1,6-7,11-12H2,2H3. The molecule has 0 N–H and O–H groups in total. The Morgan fingerprint density at radius 1 is 1.19 bits per heavy atom.